The minimum absolute atomic E-state index is 0.0123. The van der Waals surface area contributed by atoms with Gasteiger partial charge < -0.3 is 5.32 Å². The van der Waals surface area contributed by atoms with Crippen molar-refractivity contribution in [1.29, 1.82) is 0 Å². The van der Waals surface area contributed by atoms with E-state index < -0.39 is 29.9 Å². The predicted octanol–water partition coefficient (Wildman–Crippen LogP) is 4.62. The highest BCUT2D eigenvalue weighted by atomic mass is 19.4. The Balaban J connectivity index is 2.36. The molecule has 1 fully saturated rings. The summed E-state index contributed by atoms with van der Waals surface area (Å²) in [5, 5.41) is 2.79. The fourth-order valence-electron chi connectivity index (χ4n) is 2.77. The van der Waals surface area contributed by atoms with Crippen molar-refractivity contribution in [3.05, 3.63) is 34.9 Å². The molecule has 1 N–H and O–H groups in total. The van der Waals surface area contributed by atoms with Crippen LogP contribution in [0.1, 0.15) is 35.6 Å². The maximum Gasteiger partial charge on any atom is 0.416 e. The third kappa shape index (κ3) is 3.51. The summed E-state index contributed by atoms with van der Waals surface area (Å²) in [4.78, 5) is 0. The van der Waals surface area contributed by atoms with Crippen LogP contribution in [0.25, 0.3) is 0 Å². The quantitative estimate of drug-likeness (QED) is 0.746. The van der Waals surface area contributed by atoms with Crippen molar-refractivity contribution >= 4 is 0 Å². The first kappa shape index (κ1) is 16.1. The normalized spacial score (nSPS) is 24.1. The number of rotatable bonds is 1. The molecular formula is C14H15F6N. The zero-order chi connectivity index (χ0) is 15.8. The number of aryl methyl sites for hydroxylation is 1. The van der Waals surface area contributed by atoms with E-state index in [1.807, 2.05) is 0 Å². The Morgan fingerprint density at radius 2 is 1.76 bits per heavy atom. The summed E-state index contributed by atoms with van der Waals surface area (Å²) < 4.78 is 77.0. The van der Waals surface area contributed by atoms with Crippen LogP contribution in [0.4, 0.5) is 26.3 Å². The molecule has 0 aliphatic carbocycles. The van der Waals surface area contributed by atoms with Gasteiger partial charge in [0.2, 0.25) is 0 Å². The Kier molecular flexibility index (Phi) is 4.24. The average molecular weight is 311 g/mol. The summed E-state index contributed by atoms with van der Waals surface area (Å²) in [5.74, 6) is -1.57. The van der Waals surface area contributed by atoms with Crippen LogP contribution in [0, 0.1) is 12.8 Å². The maximum atomic E-state index is 13.1. The number of benzene rings is 1. The number of nitrogens with one attached hydrogen (secondary N) is 1. The minimum atomic E-state index is -4.49. The van der Waals surface area contributed by atoms with Gasteiger partial charge in [-0.25, -0.2) is 0 Å². The first-order valence-corrected chi connectivity index (χ1v) is 6.58. The molecule has 21 heavy (non-hydrogen) atoms. The molecule has 0 bridgehead atoms. The minimum Gasteiger partial charge on any atom is -0.309 e. The van der Waals surface area contributed by atoms with Crippen LogP contribution in [0.5, 0.6) is 0 Å². The predicted molar refractivity (Wildman–Crippen MR) is 65.7 cm³/mol. The fraction of sp³-hybridized carbons (Fsp3) is 0.571. The van der Waals surface area contributed by atoms with Gasteiger partial charge in [0.15, 0.2) is 0 Å². The molecule has 1 nitrogen and oxygen atoms in total. The van der Waals surface area contributed by atoms with Crippen LogP contribution in [-0.4, -0.2) is 12.7 Å². The highest BCUT2D eigenvalue weighted by molar-refractivity contribution is 5.35. The lowest BCUT2D eigenvalue weighted by atomic mass is 9.83. The van der Waals surface area contributed by atoms with Crippen molar-refractivity contribution in [3.8, 4) is 0 Å². The van der Waals surface area contributed by atoms with Crippen LogP contribution in [0.2, 0.25) is 0 Å². The summed E-state index contributed by atoms with van der Waals surface area (Å²) in [6.45, 7) is 1.84. The lowest BCUT2D eigenvalue weighted by Gasteiger charge is -2.35. The van der Waals surface area contributed by atoms with Gasteiger partial charge in [-0.2, -0.15) is 26.3 Å². The van der Waals surface area contributed by atoms with E-state index in [1.54, 1.807) is 0 Å². The monoisotopic (exact) mass is 311 g/mol. The SMILES string of the molecule is Cc1cc(C(F)(F)F)ccc1C1NCCCC1C(F)(F)F. The first-order chi connectivity index (χ1) is 9.60. The van der Waals surface area contributed by atoms with Gasteiger partial charge in [-0.1, -0.05) is 6.07 Å². The molecule has 1 heterocycles. The second-order valence-corrected chi connectivity index (χ2v) is 5.29. The molecule has 1 saturated heterocycles. The Morgan fingerprint density at radius 3 is 2.29 bits per heavy atom. The van der Waals surface area contributed by atoms with Crippen LogP contribution in [0.3, 0.4) is 0 Å². The van der Waals surface area contributed by atoms with Crippen molar-refractivity contribution < 1.29 is 26.3 Å². The molecule has 2 unspecified atom stereocenters. The van der Waals surface area contributed by atoms with E-state index >= 15 is 0 Å². The van der Waals surface area contributed by atoms with Gasteiger partial charge in [-0.3, -0.25) is 0 Å². The molecule has 118 valence electrons. The molecule has 1 aliphatic heterocycles. The molecule has 1 aromatic carbocycles. The van der Waals surface area contributed by atoms with E-state index in [2.05, 4.69) is 5.32 Å². The maximum absolute atomic E-state index is 13.1. The third-order valence-corrected chi connectivity index (χ3v) is 3.81. The van der Waals surface area contributed by atoms with Crippen LogP contribution >= 0.6 is 0 Å². The second kappa shape index (κ2) is 5.51. The van der Waals surface area contributed by atoms with Crippen molar-refractivity contribution in [1.82, 2.24) is 5.32 Å². The fourth-order valence-corrected chi connectivity index (χ4v) is 2.77. The van der Waals surface area contributed by atoms with Crippen molar-refractivity contribution in [3.63, 3.8) is 0 Å². The number of piperidine rings is 1. The van der Waals surface area contributed by atoms with Gasteiger partial charge in [0, 0.05) is 6.04 Å². The van der Waals surface area contributed by atoms with Gasteiger partial charge in [-0.05, 0) is 49.6 Å². The Bertz CT molecular complexity index is 505. The van der Waals surface area contributed by atoms with Crippen molar-refractivity contribution in [2.75, 3.05) is 6.54 Å². The second-order valence-electron chi connectivity index (χ2n) is 5.29. The molecular weight excluding hydrogens is 296 g/mol. The number of halogens is 6. The molecule has 0 aromatic heterocycles. The summed E-state index contributed by atoms with van der Waals surface area (Å²) in [6, 6.07) is 1.91. The van der Waals surface area contributed by atoms with Crippen LogP contribution in [0.15, 0.2) is 18.2 Å². The number of alkyl halides is 6. The lowest BCUT2D eigenvalue weighted by molar-refractivity contribution is -0.189. The molecule has 0 radical (unpaired) electrons. The van der Waals surface area contributed by atoms with Crippen molar-refractivity contribution in [2.45, 2.75) is 38.2 Å². The van der Waals surface area contributed by atoms with Gasteiger partial charge in [-0.15, -0.1) is 0 Å². The summed E-state index contributed by atoms with van der Waals surface area (Å²) >= 11 is 0. The standard InChI is InChI=1S/C14H15F6N/c1-8-7-9(13(15,16)17)4-5-10(8)12-11(14(18,19)20)3-2-6-21-12/h4-5,7,11-12,21H,2-3,6H2,1H3. The Hall–Kier alpha value is -1.24. The number of hydrogen-bond acceptors (Lipinski definition) is 1. The highest BCUT2D eigenvalue weighted by Crippen LogP contribution is 2.42. The smallest absolute Gasteiger partial charge is 0.309 e. The lowest BCUT2D eigenvalue weighted by Crippen LogP contribution is -2.41. The Labute approximate surface area is 118 Å². The topological polar surface area (TPSA) is 12.0 Å². The summed E-state index contributed by atoms with van der Waals surface area (Å²) in [6.07, 6.45) is -8.47. The first-order valence-electron chi connectivity index (χ1n) is 6.58. The van der Waals surface area contributed by atoms with Gasteiger partial charge in [0.25, 0.3) is 0 Å². The molecule has 1 aliphatic rings. The highest BCUT2D eigenvalue weighted by Gasteiger charge is 2.46. The van der Waals surface area contributed by atoms with E-state index in [0.29, 0.717) is 13.0 Å². The molecule has 2 rings (SSSR count). The largest absolute Gasteiger partial charge is 0.416 e. The Morgan fingerprint density at radius 1 is 1.10 bits per heavy atom. The third-order valence-electron chi connectivity index (χ3n) is 3.81. The van der Waals surface area contributed by atoms with Gasteiger partial charge >= 0.3 is 12.4 Å². The van der Waals surface area contributed by atoms with E-state index in [1.165, 1.54) is 6.92 Å². The van der Waals surface area contributed by atoms with Crippen LogP contribution in [-0.2, 0) is 6.18 Å². The summed E-state index contributed by atoms with van der Waals surface area (Å²) in [7, 11) is 0. The molecule has 0 saturated carbocycles. The van der Waals surface area contributed by atoms with E-state index in [9.17, 15) is 26.3 Å². The van der Waals surface area contributed by atoms with Gasteiger partial charge in [0.05, 0.1) is 11.5 Å². The zero-order valence-electron chi connectivity index (χ0n) is 11.3. The molecule has 7 heteroatoms. The van der Waals surface area contributed by atoms with E-state index in [-0.39, 0.29) is 17.5 Å². The van der Waals surface area contributed by atoms with E-state index in [4.69, 9.17) is 0 Å². The summed E-state index contributed by atoms with van der Waals surface area (Å²) in [5.41, 5.74) is -0.341. The number of hydrogen-bond donors (Lipinski definition) is 1. The van der Waals surface area contributed by atoms with E-state index in [0.717, 1.165) is 18.2 Å². The molecule has 0 amide bonds. The average Bonchev–Trinajstić information content (AvgIpc) is 2.36. The zero-order valence-corrected chi connectivity index (χ0v) is 11.3. The van der Waals surface area contributed by atoms with Gasteiger partial charge in [0.1, 0.15) is 0 Å². The molecule has 1 aromatic rings. The van der Waals surface area contributed by atoms with Crippen LogP contribution < -0.4 is 5.32 Å². The molecule has 0 spiro atoms. The van der Waals surface area contributed by atoms with Crippen molar-refractivity contribution in [2.24, 2.45) is 5.92 Å². The molecule has 2 atom stereocenters.